The third-order valence-electron chi connectivity index (χ3n) is 3.53. The molecule has 0 aromatic heterocycles. The van der Waals surface area contributed by atoms with E-state index < -0.39 is 5.97 Å². The highest BCUT2D eigenvalue weighted by Gasteiger charge is 2.39. The van der Waals surface area contributed by atoms with E-state index >= 15 is 0 Å². The van der Waals surface area contributed by atoms with Gasteiger partial charge in [-0.15, -0.1) is 0 Å². The molecule has 2 atom stereocenters. The van der Waals surface area contributed by atoms with Crippen molar-refractivity contribution in [2.75, 3.05) is 0 Å². The molecule has 0 radical (unpaired) electrons. The van der Waals surface area contributed by atoms with E-state index in [0.717, 1.165) is 17.9 Å². The maximum Gasteiger partial charge on any atom is 0.328 e. The van der Waals surface area contributed by atoms with Crippen molar-refractivity contribution in [3.63, 3.8) is 0 Å². The Morgan fingerprint density at radius 2 is 2.40 bits per heavy atom. The summed E-state index contributed by atoms with van der Waals surface area (Å²) < 4.78 is 0. The summed E-state index contributed by atoms with van der Waals surface area (Å²) in [5, 5.41) is 8.68. The van der Waals surface area contributed by atoms with Crippen LogP contribution in [0.15, 0.2) is 23.3 Å². The van der Waals surface area contributed by atoms with E-state index in [1.165, 1.54) is 31.8 Å². The maximum absolute atomic E-state index is 10.5. The Labute approximate surface area is 90.7 Å². The number of allylic oxidation sites excluding steroid dienone is 3. The first-order valence-electron chi connectivity index (χ1n) is 5.83. The molecule has 15 heavy (non-hydrogen) atoms. The van der Waals surface area contributed by atoms with E-state index in [2.05, 4.69) is 13.0 Å². The van der Waals surface area contributed by atoms with Crippen molar-refractivity contribution < 1.29 is 9.90 Å². The number of carboxylic acid groups (broad SMARTS) is 1. The smallest absolute Gasteiger partial charge is 0.328 e. The van der Waals surface area contributed by atoms with Crippen molar-refractivity contribution in [2.24, 2.45) is 11.8 Å². The Morgan fingerprint density at radius 3 is 3.07 bits per heavy atom. The molecule has 0 spiro atoms. The number of rotatable bonds is 4. The fourth-order valence-electron chi connectivity index (χ4n) is 2.71. The van der Waals surface area contributed by atoms with Crippen LogP contribution in [0.3, 0.4) is 0 Å². The van der Waals surface area contributed by atoms with Crippen LogP contribution >= 0.6 is 0 Å². The third kappa shape index (κ3) is 2.14. The lowest BCUT2D eigenvalue weighted by Gasteiger charge is -2.33. The normalized spacial score (nSPS) is 31.0. The molecule has 2 aliphatic carbocycles. The predicted molar refractivity (Wildman–Crippen MR) is 59.5 cm³/mol. The summed E-state index contributed by atoms with van der Waals surface area (Å²) in [6.07, 6.45) is 9.65. The molecule has 0 heterocycles. The van der Waals surface area contributed by atoms with Gasteiger partial charge >= 0.3 is 5.97 Å². The van der Waals surface area contributed by atoms with Gasteiger partial charge in [-0.3, -0.25) is 0 Å². The van der Waals surface area contributed by atoms with Crippen molar-refractivity contribution in [1.82, 2.24) is 0 Å². The fraction of sp³-hybridized carbons (Fsp3) is 0.615. The lowest BCUT2D eigenvalue weighted by molar-refractivity contribution is -0.131. The van der Waals surface area contributed by atoms with Gasteiger partial charge in [0.1, 0.15) is 0 Å². The Bertz CT molecular complexity index is 325. The molecule has 2 rings (SSSR count). The molecule has 2 heteroatoms. The maximum atomic E-state index is 10.5. The molecule has 1 fully saturated rings. The number of carbonyl (C=O) groups is 1. The number of fused-ring (bicyclic) bond motifs is 1. The molecule has 0 unspecified atom stereocenters. The van der Waals surface area contributed by atoms with Crippen molar-refractivity contribution in [3.05, 3.63) is 23.3 Å². The van der Waals surface area contributed by atoms with E-state index in [9.17, 15) is 4.79 Å². The molecular weight excluding hydrogens is 188 g/mol. The van der Waals surface area contributed by atoms with Crippen molar-refractivity contribution >= 4 is 5.97 Å². The topological polar surface area (TPSA) is 37.3 Å². The zero-order valence-corrected chi connectivity index (χ0v) is 9.20. The number of hydrogen-bond acceptors (Lipinski definition) is 1. The lowest BCUT2D eigenvalue weighted by Crippen LogP contribution is -2.24. The molecule has 2 nitrogen and oxygen atoms in total. The summed E-state index contributed by atoms with van der Waals surface area (Å²) in [5.74, 6) is 0.397. The molecule has 82 valence electrons. The van der Waals surface area contributed by atoms with Gasteiger partial charge in [0.05, 0.1) is 0 Å². The van der Waals surface area contributed by atoms with Crippen LogP contribution in [0.2, 0.25) is 0 Å². The summed E-state index contributed by atoms with van der Waals surface area (Å²) >= 11 is 0. The molecule has 2 aliphatic rings. The van der Waals surface area contributed by atoms with Gasteiger partial charge in [0, 0.05) is 12.0 Å². The van der Waals surface area contributed by atoms with E-state index in [-0.39, 0.29) is 0 Å². The quantitative estimate of drug-likeness (QED) is 0.566. The van der Waals surface area contributed by atoms with Crippen molar-refractivity contribution in [3.8, 4) is 0 Å². The molecule has 0 aromatic rings. The SMILES string of the molecule is CCCCC1=C[C@@H]2C(=CC(=O)O)C[C@H]2C1. The van der Waals surface area contributed by atoms with Gasteiger partial charge < -0.3 is 5.11 Å². The van der Waals surface area contributed by atoms with E-state index in [1.807, 2.05) is 0 Å². The number of aliphatic carboxylic acids is 1. The predicted octanol–water partition coefficient (Wildman–Crippen LogP) is 3.15. The summed E-state index contributed by atoms with van der Waals surface area (Å²) in [4.78, 5) is 10.5. The van der Waals surface area contributed by atoms with Gasteiger partial charge in [-0.05, 0) is 31.6 Å². The zero-order chi connectivity index (χ0) is 10.8. The highest BCUT2D eigenvalue weighted by atomic mass is 16.4. The van der Waals surface area contributed by atoms with E-state index in [1.54, 1.807) is 5.57 Å². The molecule has 1 N–H and O–H groups in total. The molecule has 0 aromatic carbocycles. The summed E-state index contributed by atoms with van der Waals surface area (Å²) in [6.45, 7) is 2.21. The van der Waals surface area contributed by atoms with Crippen molar-refractivity contribution in [2.45, 2.75) is 39.0 Å². The van der Waals surface area contributed by atoms with Crippen LogP contribution in [-0.4, -0.2) is 11.1 Å². The summed E-state index contributed by atoms with van der Waals surface area (Å²) in [7, 11) is 0. The van der Waals surface area contributed by atoms with Crippen LogP contribution in [0, 0.1) is 11.8 Å². The molecule has 0 bridgehead atoms. The largest absolute Gasteiger partial charge is 0.478 e. The Morgan fingerprint density at radius 1 is 1.60 bits per heavy atom. The standard InChI is InChI=1S/C13H18O2/c1-2-3-4-9-5-10-7-11(8-13(14)15)12(10)6-9/h6,8,10,12H,2-5,7H2,1H3,(H,14,15)/t10-,12+/m1/s1. The number of carboxylic acids is 1. The van der Waals surface area contributed by atoms with Crippen LogP contribution in [-0.2, 0) is 4.79 Å². The Balaban J connectivity index is 1.95. The second-order valence-electron chi connectivity index (χ2n) is 4.68. The van der Waals surface area contributed by atoms with Gasteiger partial charge in [-0.1, -0.05) is 30.6 Å². The first-order chi connectivity index (χ1) is 7.20. The monoisotopic (exact) mass is 206 g/mol. The van der Waals surface area contributed by atoms with E-state index in [4.69, 9.17) is 5.11 Å². The van der Waals surface area contributed by atoms with Crippen molar-refractivity contribution in [1.29, 1.82) is 0 Å². The van der Waals surface area contributed by atoms with Gasteiger partial charge in [0.2, 0.25) is 0 Å². The van der Waals surface area contributed by atoms with Crippen LogP contribution in [0.25, 0.3) is 0 Å². The molecular formula is C13H18O2. The molecule has 1 saturated carbocycles. The third-order valence-corrected chi connectivity index (χ3v) is 3.53. The van der Waals surface area contributed by atoms with Gasteiger partial charge in [0.25, 0.3) is 0 Å². The molecule has 0 amide bonds. The van der Waals surface area contributed by atoms with Gasteiger partial charge in [-0.2, -0.15) is 0 Å². The minimum absolute atomic E-state index is 0.466. The average Bonchev–Trinajstić information content (AvgIpc) is 2.49. The van der Waals surface area contributed by atoms with Crippen LogP contribution in [0.5, 0.6) is 0 Å². The average molecular weight is 206 g/mol. The van der Waals surface area contributed by atoms with Crippen LogP contribution in [0.1, 0.15) is 39.0 Å². The van der Waals surface area contributed by atoms with Crippen LogP contribution in [0.4, 0.5) is 0 Å². The highest BCUT2D eigenvalue weighted by Crippen LogP contribution is 2.50. The highest BCUT2D eigenvalue weighted by molar-refractivity contribution is 5.81. The summed E-state index contributed by atoms with van der Waals surface area (Å²) in [6, 6.07) is 0. The first-order valence-corrected chi connectivity index (χ1v) is 5.83. The second-order valence-corrected chi connectivity index (χ2v) is 4.68. The number of unbranched alkanes of at least 4 members (excludes halogenated alkanes) is 1. The zero-order valence-electron chi connectivity index (χ0n) is 9.20. The first kappa shape index (κ1) is 10.5. The minimum atomic E-state index is -0.793. The number of hydrogen-bond donors (Lipinski definition) is 1. The van der Waals surface area contributed by atoms with E-state index in [0.29, 0.717) is 5.92 Å². The van der Waals surface area contributed by atoms with Gasteiger partial charge in [0.15, 0.2) is 0 Å². The summed E-state index contributed by atoms with van der Waals surface area (Å²) in [5.41, 5.74) is 2.68. The molecule has 0 saturated heterocycles. The van der Waals surface area contributed by atoms with Crippen LogP contribution < -0.4 is 0 Å². The minimum Gasteiger partial charge on any atom is -0.478 e. The van der Waals surface area contributed by atoms with Gasteiger partial charge in [-0.25, -0.2) is 4.79 Å². The Hall–Kier alpha value is -1.05. The fourth-order valence-corrected chi connectivity index (χ4v) is 2.71. The lowest BCUT2D eigenvalue weighted by atomic mass is 9.71. The second kappa shape index (κ2) is 4.21. The Kier molecular flexibility index (Phi) is 2.94. The molecule has 0 aliphatic heterocycles.